The van der Waals surface area contributed by atoms with Gasteiger partial charge >= 0.3 is 0 Å². The monoisotopic (exact) mass is 100 g/mol. The molecule has 7 heavy (non-hydrogen) atoms. The molecule has 0 fully saturated rings. The Labute approximate surface area is 45.7 Å². The molecule has 0 saturated carbocycles. The lowest BCUT2D eigenvalue weighted by Crippen LogP contribution is -1.92. The number of hydrogen-bond acceptors (Lipinski definition) is 1. The molecule has 0 aliphatic carbocycles. The molecule has 0 bridgehead atoms. The van der Waals surface area contributed by atoms with E-state index in [-0.39, 0.29) is 0 Å². The van der Waals surface area contributed by atoms with Crippen molar-refractivity contribution in [1.29, 1.82) is 0 Å². The number of hydrogen-bond donors (Lipinski definition) is 0. The lowest BCUT2D eigenvalue weighted by molar-refractivity contribution is 0.181. The van der Waals surface area contributed by atoms with Crippen molar-refractivity contribution in [3.63, 3.8) is 0 Å². The fraction of sp³-hybridized carbons (Fsp3) is 0.667. The molecule has 2 radical (unpaired) electrons. The summed E-state index contributed by atoms with van der Waals surface area (Å²) < 4.78 is 4.91. The van der Waals surface area contributed by atoms with Crippen LogP contribution in [0.5, 0.6) is 0 Å². The highest BCUT2D eigenvalue weighted by Gasteiger charge is 1.79. The van der Waals surface area contributed by atoms with E-state index in [0.717, 1.165) is 13.0 Å². The Balaban J connectivity index is 2.45. The predicted molar refractivity (Wildman–Crippen MR) is 30.8 cm³/mol. The van der Waals surface area contributed by atoms with Crippen molar-refractivity contribution in [2.24, 2.45) is 0 Å². The zero-order chi connectivity index (χ0) is 5.54. The summed E-state index contributed by atoms with van der Waals surface area (Å²) in [5.41, 5.74) is 0. The third-order valence-corrected chi connectivity index (χ3v) is 0.669. The average molecular weight is 100 g/mol. The van der Waals surface area contributed by atoms with E-state index >= 15 is 0 Å². The van der Waals surface area contributed by atoms with Crippen LogP contribution in [0.15, 0.2) is 0 Å². The second-order valence-corrected chi connectivity index (χ2v) is 1.27. The molecule has 1 heteroatoms. The topological polar surface area (TPSA) is 9.23 Å². The minimum absolute atomic E-state index is 0.580. The summed E-state index contributed by atoms with van der Waals surface area (Å²) in [4.78, 5) is 0. The highest BCUT2D eigenvalue weighted by Crippen LogP contribution is 1.83. The first kappa shape index (κ1) is 6.96. The van der Waals surface area contributed by atoms with Gasteiger partial charge in [-0.1, -0.05) is 13.3 Å². The summed E-state index contributed by atoms with van der Waals surface area (Å²) in [6, 6.07) is 0. The van der Waals surface area contributed by atoms with Crippen molar-refractivity contribution in [3.05, 3.63) is 13.3 Å². The van der Waals surface area contributed by atoms with E-state index in [9.17, 15) is 0 Å². The van der Waals surface area contributed by atoms with Crippen LogP contribution in [-0.4, -0.2) is 13.2 Å². The molecule has 42 valence electrons. The third-order valence-electron chi connectivity index (χ3n) is 0.669. The highest BCUT2D eigenvalue weighted by atomic mass is 16.5. The van der Waals surface area contributed by atoms with E-state index in [0.29, 0.717) is 6.61 Å². The molecule has 0 saturated heterocycles. The summed E-state index contributed by atoms with van der Waals surface area (Å²) in [5.74, 6) is 0. The van der Waals surface area contributed by atoms with E-state index in [1.165, 1.54) is 0 Å². The predicted octanol–water partition coefficient (Wildman–Crippen LogP) is 1.45. The third kappa shape index (κ3) is 5.96. The van der Waals surface area contributed by atoms with Crippen molar-refractivity contribution in [1.82, 2.24) is 0 Å². The molecular formula is C6H12O. The molecule has 0 rings (SSSR count). The Morgan fingerprint density at radius 1 is 1.71 bits per heavy atom. The minimum Gasteiger partial charge on any atom is -0.381 e. The molecule has 0 aliphatic rings. The number of unbranched alkanes of at least 4 members (excludes halogenated alkanes) is 1. The van der Waals surface area contributed by atoms with Crippen LogP contribution in [-0.2, 0) is 4.74 Å². The van der Waals surface area contributed by atoms with Gasteiger partial charge in [0.05, 0.1) is 0 Å². The summed E-state index contributed by atoms with van der Waals surface area (Å²) in [5, 5.41) is 0. The smallest absolute Gasteiger partial charge is 0.0497 e. The van der Waals surface area contributed by atoms with Crippen LogP contribution in [0.2, 0.25) is 0 Å². The van der Waals surface area contributed by atoms with Gasteiger partial charge < -0.3 is 4.74 Å². The first-order valence-corrected chi connectivity index (χ1v) is 2.60. The molecule has 0 aromatic rings. The van der Waals surface area contributed by atoms with Gasteiger partial charge in [-0.15, -0.1) is 0 Å². The lowest BCUT2D eigenvalue weighted by Gasteiger charge is -1.94. The fourth-order valence-corrected chi connectivity index (χ4v) is 0.285. The van der Waals surface area contributed by atoms with Crippen molar-refractivity contribution < 1.29 is 4.74 Å². The van der Waals surface area contributed by atoms with Gasteiger partial charge in [0.1, 0.15) is 0 Å². The highest BCUT2D eigenvalue weighted by molar-refractivity contribution is 4.58. The van der Waals surface area contributed by atoms with Gasteiger partial charge in [-0.3, -0.25) is 0 Å². The van der Waals surface area contributed by atoms with Gasteiger partial charge in [-0.2, -0.15) is 0 Å². The Morgan fingerprint density at radius 3 is 2.86 bits per heavy atom. The van der Waals surface area contributed by atoms with Crippen LogP contribution in [0.25, 0.3) is 0 Å². The molecular weight excluding hydrogens is 88.1 g/mol. The summed E-state index contributed by atoms with van der Waals surface area (Å²) in [6.45, 7) is 6.93. The average Bonchev–Trinajstić information content (AvgIpc) is 1.69. The van der Waals surface area contributed by atoms with Crippen molar-refractivity contribution >= 4 is 0 Å². The van der Waals surface area contributed by atoms with E-state index in [1.54, 1.807) is 0 Å². The molecule has 0 aliphatic heterocycles. The largest absolute Gasteiger partial charge is 0.381 e. The summed E-state index contributed by atoms with van der Waals surface area (Å²) in [6.07, 6.45) is 3.16. The zero-order valence-electron chi connectivity index (χ0n) is 4.81. The Hall–Kier alpha value is -0.0400. The Bertz CT molecular complexity index is 23.4. The van der Waals surface area contributed by atoms with Crippen molar-refractivity contribution in [3.8, 4) is 0 Å². The van der Waals surface area contributed by atoms with E-state index in [1.807, 2.05) is 0 Å². The molecule has 0 heterocycles. The quantitative estimate of drug-likeness (QED) is 0.486. The second-order valence-electron chi connectivity index (χ2n) is 1.27. The maximum atomic E-state index is 4.91. The van der Waals surface area contributed by atoms with Gasteiger partial charge in [0.15, 0.2) is 0 Å². The number of rotatable bonds is 4. The van der Waals surface area contributed by atoms with Gasteiger partial charge in [-0.05, 0) is 13.3 Å². The van der Waals surface area contributed by atoms with Gasteiger partial charge in [-0.25, -0.2) is 0 Å². The molecule has 0 aromatic heterocycles. The molecule has 0 amide bonds. The van der Waals surface area contributed by atoms with Gasteiger partial charge in [0.2, 0.25) is 0 Å². The van der Waals surface area contributed by atoms with Gasteiger partial charge in [0.25, 0.3) is 0 Å². The van der Waals surface area contributed by atoms with Crippen LogP contribution in [0.4, 0.5) is 0 Å². The molecule has 0 N–H and O–H groups in total. The minimum atomic E-state index is 0.580. The van der Waals surface area contributed by atoms with E-state index in [4.69, 9.17) is 4.74 Å². The fourth-order valence-electron chi connectivity index (χ4n) is 0.285. The summed E-state index contributed by atoms with van der Waals surface area (Å²) >= 11 is 0. The Morgan fingerprint density at radius 2 is 2.43 bits per heavy atom. The van der Waals surface area contributed by atoms with Gasteiger partial charge in [0, 0.05) is 13.2 Å². The molecule has 0 atom stereocenters. The van der Waals surface area contributed by atoms with Crippen LogP contribution >= 0.6 is 0 Å². The van der Waals surface area contributed by atoms with Crippen LogP contribution in [0.1, 0.15) is 13.3 Å². The standard InChI is InChI=1S/C6H12O/c1-3-5-6-7-4-2/h5H,2-4,6H2,1H3. The van der Waals surface area contributed by atoms with Crippen LogP contribution in [0, 0.1) is 13.3 Å². The van der Waals surface area contributed by atoms with Crippen LogP contribution in [0.3, 0.4) is 0 Å². The second kappa shape index (κ2) is 5.96. The first-order valence-electron chi connectivity index (χ1n) is 2.60. The first-order chi connectivity index (χ1) is 3.41. The lowest BCUT2D eigenvalue weighted by atomic mass is 10.4. The Kier molecular flexibility index (Phi) is 5.93. The zero-order valence-corrected chi connectivity index (χ0v) is 4.81. The molecule has 1 nitrogen and oxygen atoms in total. The maximum Gasteiger partial charge on any atom is 0.0497 e. The summed E-state index contributed by atoms with van der Waals surface area (Å²) in [7, 11) is 0. The molecule has 0 aromatic carbocycles. The van der Waals surface area contributed by atoms with Crippen LogP contribution < -0.4 is 0 Å². The van der Waals surface area contributed by atoms with Crippen molar-refractivity contribution in [2.45, 2.75) is 13.3 Å². The maximum absolute atomic E-state index is 4.91. The number of ether oxygens (including phenoxy) is 1. The van der Waals surface area contributed by atoms with E-state index in [2.05, 4.69) is 20.3 Å². The SMILES string of the molecule is [CH2]COC[CH]CC. The molecule has 0 unspecified atom stereocenters. The molecule has 0 spiro atoms. The van der Waals surface area contributed by atoms with E-state index < -0.39 is 0 Å². The van der Waals surface area contributed by atoms with Crippen molar-refractivity contribution in [2.75, 3.05) is 13.2 Å². The normalized spacial score (nSPS) is 9.43.